The zero-order chi connectivity index (χ0) is 18.5. The van der Waals surface area contributed by atoms with Crippen molar-refractivity contribution in [2.75, 3.05) is 0 Å². The number of ether oxygens (including phenoxy) is 1. The van der Waals surface area contributed by atoms with Crippen molar-refractivity contribution in [1.29, 1.82) is 5.26 Å². The molecule has 3 aromatic rings. The number of hydrogen-bond acceptors (Lipinski definition) is 3. The van der Waals surface area contributed by atoms with E-state index in [2.05, 4.69) is 0 Å². The molecule has 0 unspecified atom stereocenters. The Bertz CT molecular complexity index is 995. The van der Waals surface area contributed by atoms with Crippen molar-refractivity contribution in [2.45, 2.75) is 6.61 Å². The lowest BCUT2D eigenvalue weighted by Crippen LogP contribution is -2.09. The lowest BCUT2D eigenvalue weighted by Gasteiger charge is -2.10. The third-order valence-electron chi connectivity index (χ3n) is 3.85. The quantitative estimate of drug-likeness (QED) is 0.632. The number of nitrogens with zero attached hydrogens (tertiary/aromatic N) is 1. The van der Waals surface area contributed by atoms with E-state index in [1.807, 2.05) is 12.1 Å². The standard InChI is InChI=1S/C21H13F2NO2/c22-19-17(16-9-5-4-8-15(16)12-24)10-11-18(20(19)23)21(25)26-13-14-6-2-1-3-7-14/h1-11H,13H2. The Morgan fingerprint density at radius 3 is 2.31 bits per heavy atom. The molecule has 0 saturated carbocycles. The Kier molecular flexibility index (Phi) is 5.04. The van der Waals surface area contributed by atoms with Gasteiger partial charge in [0.05, 0.1) is 17.2 Å². The second-order valence-electron chi connectivity index (χ2n) is 5.51. The molecular weight excluding hydrogens is 336 g/mol. The average molecular weight is 349 g/mol. The third-order valence-corrected chi connectivity index (χ3v) is 3.85. The van der Waals surface area contributed by atoms with Crippen LogP contribution < -0.4 is 0 Å². The minimum absolute atomic E-state index is 0.0419. The molecule has 0 aromatic heterocycles. The van der Waals surface area contributed by atoms with E-state index >= 15 is 0 Å². The zero-order valence-electron chi connectivity index (χ0n) is 13.6. The monoisotopic (exact) mass is 349 g/mol. The smallest absolute Gasteiger partial charge is 0.341 e. The number of carbonyl (C=O) groups excluding carboxylic acids is 1. The van der Waals surface area contributed by atoms with Crippen LogP contribution in [-0.2, 0) is 11.3 Å². The first-order valence-electron chi connectivity index (χ1n) is 7.80. The maximum atomic E-state index is 14.5. The normalized spacial score (nSPS) is 10.2. The van der Waals surface area contributed by atoms with Gasteiger partial charge in [-0.25, -0.2) is 13.6 Å². The molecule has 0 N–H and O–H groups in total. The first-order valence-corrected chi connectivity index (χ1v) is 7.80. The van der Waals surface area contributed by atoms with Crippen molar-refractivity contribution >= 4 is 5.97 Å². The zero-order valence-corrected chi connectivity index (χ0v) is 13.6. The summed E-state index contributed by atoms with van der Waals surface area (Å²) in [6.07, 6.45) is 0. The van der Waals surface area contributed by atoms with Crippen LogP contribution >= 0.6 is 0 Å². The van der Waals surface area contributed by atoms with Crippen LogP contribution in [0, 0.1) is 23.0 Å². The first kappa shape index (κ1) is 17.3. The maximum Gasteiger partial charge on any atom is 0.341 e. The molecule has 0 atom stereocenters. The molecule has 5 heteroatoms. The Morgan fingerprint density at radius 1 is 0.885 bits per heavy atom. The minimum Gasteiger partial charge on any atom is -0.457 e. The first-order chi connectivity index (χ1) is 12.6. The fourth-order valence-corrected chi connectivity index (χ4v) is 2.53. The summed E-state index contributed by atoms with van der Waals surface area (Å²) >= 11 is 0. The van der Waals surface area contributed by atoms with Crippen molar-refractivity contribution < 1.29 is 18.3 Å². The molecule has 0 fully saturated rings. The van der Waals surface area contributed by atoms with Crippen molar-refractivity contribution in [1.82, 2.24) is 0 Å². The van der Waals surface area contributed by atoms with E-state index < -0.39 is 23.2 Å². The van der Waals surface area contributed by atoms with E-state index in [1.54, 1.807) is 36.4 Å². The summed E-state index contributed by atoms with van der Waals surface area (Å²) in [6.45, 7) is -0.0419. The van der Waals surface area contributed by atoms with Gasteiger partial charge in [-0.05, 0) is 17.7 Å². The Hall–Kier alpha value is -3.52. The van der Waals surface area contributed by atoms with E-state index in [0.717, 1.165) is 11.6 Å². The van der Waals surface area contributed by atoms with E-state index in [0.29, 0.717) is 0 Å². The van der Waals surface area contributed by atoms with Crippen molar-refractivity contribution in [3.63, 3.8) is 0 Å². The molecule has 0 spiro atoms. The van der Waals surface area contributed by atoms with Crippen LogP contribution in [0.1, 0.15) is 21.5 Å². The highest BCUT2D eigenvalue weighted by Gasteiger charge is 2.21. The van der Waals surface area contributed by atoms with Crippen LogP contribution in [0.2, 0.25) is 0 Å². The molecule has 0 aliphatic rings. The number of nitriles is 1. The Balaban J connectivity index is 1.88. The molecule has 0 amide bonds. The number of halogens is 2. The molecule has 0 aliphatic carbocycles. The number of rotatable bonds is 4. The van der Waals surface area contributed by atoms with E-state index in [9.17, 15) is 13.6 Å². The van der Waals surface area contributed by atoms with Crippen LogP contribution in [0.15, 0.2) is 66.7 Å². The summed E-state index contributed by atoms with van der Waals surface area (Å²) in [5, 5.41) is 9.12. The maximum absolute atomic E-state index is 14.5. The summed E-state index contributed by atoms with van der Waals surface area (Å²) in [6, 6.07) is 19.5. The van der Waals surface area contributed by atoms with Gasteiger partial charge in [-0.3, -0.25) is 0 Å². The summed E-state index contributed by atoms with van der Waals surface area (Å²) in [7, 11) is 0. The molecule has 3 rings (SSSR count). The number of esters is 1. The minimum atomic E-state index is -1.30. The lowest BCUT2D eigenvalue weighted by molar-refractivity contribution is 0.0466. The molecule has 0 aliphatic heterocycles. The highest BCUT2D eigenvalue weighted by molar-refractivity contribution is 5.90. The van der Waals surface area contributed by atoms with Crippen LogP contribution in [0.25, 0.3) is 11.1 Å². The predicted octanol–water partition coefficient (Wildman–Crippen LogP) is 4.86. The highest BCUT2D eigenvalue weighted by Crippen LogP contribution is 2.29. The van der Waals surface area contributed by atoms with Gasteiger partial charge in [0.25, 0.3) is 0 Å². The molecule has 0 bridgehead atoms. The van der Waals surface area contributed by atoms with Crippen LogP contribution in [-0.4, -0.2) is 5.97 Å². The van der Waals surface area contributed by atoms with Gasteiger partial charge in [0, 0.05) is 11.1 Å². The van der Waals surface area contributed by atoms with Gasteiger partial charge in [-0.2, -0.15) is 5.26 Å². The molecule has 0 heterocycles. The van der Waals surface area contributed by atoms with Crippen molar-refractivity contribution in [2.24, 2.45) is 0 Å². The molecule has 0 radical (unpaired) electrons. The number of hydrogen-bond donors (Lipinski definition) is 0. The largest absolute Gasteiger partial charge is 0.457 e. The summed E-state index contributed by atoms with van der Waals surface area (Å²) in [5.74, 6) is -3.44. The molecule has 3 aromatic carbocycles. The molecule has 128 valence electrons. The second kappa shape index (κ2) is 7.58. The van der Waals surface area contributed by atoms with Gasteiger partial charge in [-0.15, -0.1) is 0 Å². The van der Waals surface area contributed by atoms with Crippen molar-refractivity contribution in [3.05, 3.63) is 95.1 Å². The molecule has 3 nitrogen and oxygen atoms in total. The van der Waals surface area contributed by atoms with Gasteiger partial charge < -0.3 is 4.74 Å². The molecule has 26 heavy (non-hydrogen) atoms. The average Bonchev–Trinajstić information content (AvgIpc) is 2.69. The summed E-state index contributed by atoms with van der Waals surface area (Å²) in [5.41, 5.74) is 0.637. The Morgan fingerprint density at radius 2 is 1.58 bits per heavy atom. The van der Waals surface area contributed by atoms with Crippen LogP contribution in [0.4, 0.5) is 8.78 Å². The molecular formula is C21H13F2NO2. The van der Waals surface area contributed by atoms with Gasteiger partial charge in [0.1, 0.15) is 6.61 Å². The number of carbonyl (C=O) groups is 1. The fourth-order valence-electron chi connectivity index (χ4n) is 2.53. The topological polar surface area (TPSA) is 50.1 Å². The van der Waals surface area contributed by atoms with Gasteiger partial charge in [-0.1, -0.05) is 54.6 Å². The summed E-state index contributed by atoms with van der Waals surface area (Å²) < 4.78 is 33.9. The number of benzene rings is 3. The van der Waals surface area contributed by atoms with Gasteiger partial charge >= 0.3 is 5.97 Å². The van der Waals surface area contributed by atoms with Gasteiger partial charge in [0.2, 0.25) is 0 Å². The predicted molar refractivity (Wildman–Crippen MR) is 92.1 cm³/mol. The van der Waals surface area contributed by atoms with Crippen LogP contribution in [0.3, 0.4) is 0 Å². The second-order valence-corrected chi connectivity index (χ2v) is 5.51. The third kappa shape index (κ3) is 3.45. The SMILES string of the molecule is N#Cc1ccccc1-c1ccc(C(=O)OCc2ccccc2)c(F)c1F. The van der Waals surface area contributed by atoms with E-state index in [-0.39, 0.29) is 23.3 Å². The lowest BCUT2D eigenvalue weighted by atomic mass is 9.98. The van der Waals surface area contributed by atoms with E-state index in [4.69, 9.17) is 10.00 Å². The van der Waals surface area contributed by atoms with E-state index in [1.165, 1.54) is 18.2 Å². The highest BCUT2D eigenvalue weighted by atomic mass is 19.2. The Labute approximate surface area is 149 Å². The summed E-state index contributed by atoms with van der Waals surface area (Å²) in [4.78, 5) is 12.1. The fraction of sp³-hybridized carbons (Fsp3) is 0.0476. The van der Waals surface area contributed by atoms with Crippen LogP contribution in [0.5, 0.6) is 0 Å². The van der Waals surface area contributed by atoms with Crippen molar-refractivity contribution in [3.8, 4) is 17.2 Å². The molecule has 0 saturated heterocycles. The van der Waals surface area contributed by atoms with Gasteiger partial charge in [0.15, 0.2) is 11.6 Å².